The van der Waals surface area contributed by atoms with Crippen LogP contribution < -0.4 is 137 Å². The maximum absolute atomic E-state index is 10.3. The predicted molar refractivity (Wildman–Crippen MR) is 521 cm³/mol. The zero-order chi connectivity index (χ0) is 120. The third-order valence-corrected chi connectivity index (χ3v) is 10.7. The van der Waals surface area contributed by atoms with Gasteiger partial charge >= 0.3 is 83.6 Å². The molecule has 71 nitrogen and oxygen atoms in total. The van der Waals surface area contributed by atoms with Crippen molar-refractivity contribution in [3.8, 4) is 0 Å². The van der Waals surface area contributed by atoms with Crippen molar-refractivity contribution in [3.05, 3.63) is 0 Å². The molecule has 0 rings (SSSR count). The number of aliphatic carboxylic acids is 19. The van der Waals surface area contributed by atoms with E-state index in [-0.39, 0.29) is 48.5 Å². The van der Waals surface area contributed by atoms with Crippen molar-refractivity contribution >= 4 is 155 Å². The van der Waals surface area contributed by atoms with Gasteiger partial charge in [0.1, 0.15) is 66.5 Å². The van der Waals surface area contributed by atoms with Crippen LogP contribution in [0.25, 0.3) is 0 Å². The zero-order valence-corrected chi connectivity index (χ0v) is 83.3. The second-order valence-corrected chi connectivity index (χ2v) is 27.1. The molecule has 0 aliphatic carbocycles. The summed E-state index contributed by atoms with van der Waals surface area (Å²) >= 11 is 0. The summed E-state index contributed by atoms with van der Waals surface area (Å²) in [5.74, 6) is -20.9. The molecule has 0 saturated carbocycles. The summed E-state index contributed by atoms with van der Waals surface area (Å²) in [7, 11) is 9.75. The van der Waals surface area contributed by atoms with Crippen molar-refractivity contribution in [2.24, 2.45) is 157 Å². The lowest BCUT2D eigenvalue weighted by Gasteiger charge is -2.18. The number of amides is 2. The number of nitrogens with zero attached hydrogens (tertiary/aromatic N) is 6. The van der Waals surface area contributed by atoms with Crippen LogP contribution in [-0.2, 0) is 101 Å². The molecule has 852 valence electrons. The average Bonchev–Trinajstić information content (AvgIpc) is 0.856. The summed E-state index contributed by atoms with van der Waals surface area (Å²) in [5, 5.41) is 163. The number of guanidine groups is 5. The molecule has 0 unspecified atom stereocenters. The minimum Gasteiger partial charge on any atom is -0.481 e. The Hall–Kier alpha value is -15.3. The number of hydrogen-bond acceptors (Lipinski definition) is 40. The summed E-state index contributed by atoms with van der Waals surface area (Å²) in [4.78, 5) is 224. The molecule has 0 heterocycles. The Bertz CT molecular complexity index is 3170. The molecular formula is C73H164N30O41. The molecule has 0 spiro atoms. The smallest absolute Gasteiger partial charge is 0.336 e. The molecule has 0 radical (unpaired) electrons. The molecular weight excluding hydrogens is 1950 g/mol. The fourth-order valence-electron chi connectivity index (χ4n) is 4.35. The Morgan fingerprint density at radius 2 is 0.368 bits per heavy atom. The van der Waals surface area contributed by atoms with Gasteiger partial charge < -0.3 is 244 Å². The van der Waals surface area contributed by atoms with Gasteiger partial charge in [0.05, 0.1) is 12.8 Å². The van der Waals surface area contributed by atoms with E-state index in [0.29, 0.717) is 96.9 Å². The summed E-state index contributed by atoms with van der Waals surface area (Å²) < 4.78 is 0. The van der Waals surface area contributed by atoms with Gasteiger partial charge in [0, 0.05) is 80.7 Å². The summed E-state index contributed by atoms with van der Waals surface area (Å²) in [6, 6.07) is -8.74. The Labute approximate surface area is 828 Å². The molecule has 0 bridgehead atoms. The van der Waals surface area contributed by atoms with Gasteiger partial charge in [-0.05, 0) is 140 Å². The standard InChI is InChI=1S/5C6H14N4O2.C6H8O7.C5H10N2O3.5C3H7NO2.C3H9N.C2H5NO.C2H7N.5C2H4O2/c5*7-4(5(11)12)2-1-3-10-6(8)9;7-3(8)1-6(13,5(11)12)2-4(9)10;6-3(5(9)10)1-2-4(7)8;5*1-2(4)3(5)6;1-4(2)3;1-2(3)4;1-3-2;5*1-2(3)4/h5*4H,1-3,7H2,(H,11,12)(H4,8,9,10);13H,1-2H2,(H,7,8)(H,9,10)(H,11,12);3H,1-2,6H2,(H2,7,8)(H,9,10);5*2H,4H2,1H3,(H,5,6);1-3H3;1H3,(H2,3,4);3H,1-2H3;5*1H3,(H,3,4)/t5*4-;;3-;5*2-;;;;;;;;/m00000.000000......../s1. The fourth-order valence-corrected chi connectivity index (χ4v) is 4.35. The highest BCUT2D eigenvalue weighted by Crippen LogP contribution is 2.16. The highest BCUT2D eigenvalue weighted by Gasteiger charge is 2.41. The Morgan fingerprint density at radius 3 is 0.438 bits per heavy atom. The molecule has 0 saturated heterocycles. The highest BCUT2D eigenvalue weighted by molar-refractivity contribution is 5.88. The topological polar surface area (TPSA) is 1440 Å². The number of rotatable bonds is 39. The molecule has 0 aliphatic rings. The predicted octanol–water partition coefficient (Wildman–Crippen LogP) is -13.3. The van der Waals surface area contributed by atoms with Gasteiger partial charge in [0.15, 0.2) is 35.4 Å². The SMILES string of the molecule is CC(=O)O.CC(=O)O.CC(=O)O.CC(=O)O.CC(=O)O.CC(N)=O.CN(C)C.CNC.C[C@H](N)C(=O)O.C[C@H](N)C(=O)O.C[C@H](N)C(=O)O.C[C@H](N)C(=O)O.C[C@H](N)C(=O)O.NC(=O)CC[C@H](N)C(=O)O.NC(N)=NCCC[C@H](N)C(=O)O.NC(N)=NCCC[C@H](N)C(=O)O.NC(N)=NCCC[C@H](N)C(=O)O.NC(N)=NCCC[C@H](N)C(=O)O.NC(N)=NCCC[C@H](N)C(=O)O.O=C(O)CC(O)(CC(=O)O)C(=O)O. The summed E-state index contributed by atoms with van der Waals surface area (Å²) in [5.41, 5.74) is 112. The van der Waals surface area contributed by atoms with Gasteiger partial charge in [0.2, 0.25) is 11.8 Å². The fraction of sp³-hybridized carbons (Fsp3) is 0.644. The minimum atomic E-state index is -2.74. The van der Waals surface area contributed by atoms with Gasteiger partial charge in [-0.2, -0.15) is 0 Å². The van der Waals surface area contributed by atoms with Crippen molar-refractivity contribution in [2.75, 3.05) is 68.0 Å². The quantitative estimate of drug-likeness (QED) is 0.0154. The van der Waals surface area contributed by atoms with E-state index < -0.39 is 204 Å². The molecule has 71 heteroatoms. The van der Waals surface area contributed by atoms with Crippen LogP contribution in [0, 0.1) is 0 Å². The van der Waals surface area contributed by atoms with Gasteiger partial charge in [-0.3, -0.25) is 121 Å². The van der Waals surface area contributed by atoms with E-state index in [9.17, 15) is 76.7 Å². The average molecular weight is 2120 g/mol. The molecule has 11 atom stereocenters. The lowest BCUT2D eigenvalue weighted by Crippen LogP contribution is -2.42. The lowest BCUT2D eigenvalue weighted by molar-refractivity contribution is -0.170. The van der Waals surface area contributed by atoms with E-state index in [4.69, 9.17) is 252 Å². The molecule has 0 aromatic carbocycles. The van der Waals surface area contributed by atoms with Gasteiger partial charge in [-0.1, -0.05) is 0 Å². The van der Waals surface area contributed by atoms with E-state index in [1.807, 2.05) is 40.1 Å². The number of carbonyl (C=O) groups excluding carboxylic acids is 2. The summed E-state index contributed by atoms with van der Waals surface area (Å²) in [6.45, 7) is 15.9. The number of nitrogens with two attached hydrogens (primary N) is 23. The number of carboxylic acid groups (broad SMARTS) is 19. The molecule has 0 fully saturated rings. The first kappa shape index (κ1) is 178. The van der Waals surface area contributed by atoms with Crippen LogP contribution in [0.15, 0.2) is 25.0 Å². The van der Waals surface area contributed by atoms with E-state index in [1.165, 1.54) is 41.5 Å². The van der Waals surface area contributed by atoms with Crippen molar-refractivity contribution in [1.29, 1.82) is 0 Å². The third-order valence-electron chi connectivity index (χ3n) is 10.7. The minimum absolute atomic E-state index is 0.0129. The van der Waals surface area contributed by atoms with Gasteiger partial charge in [-0.15, -0.1) is 0 Å². The number of hydrogen-bond donors (Lipinski definition) is 44. The third kappa shape index (κ3) is 279. The summed E-state index contributed by atoms with van der Waals surface area (Å²) in [6.07, 6.45) is 2.61. The lowest BCUT2D eigenvalue weighted by atomic mass is 9.96. The number of nitrogens with one attached hydrogen (secondary N) is 1. The second kappa shape index (κ2) is 122. The zero-order valence-electron chi connectivity index (χ0n) is 83.3. The molecule has 0 aromatic rings. The van der Waals surface area contributed by atoms with Crippen LogP contribution in [0.5, 0.6) is 0 Å². The van der Waals surface area contributed by atoms with E-state index in [2.05, 4.69) is 36.0 Å². The van der Waals surface area contributed by atoms with Crippen molar-refractivity contribution in [2.45, 2.75) is 238 Å². The Morgan fingerprint density at radius 1 is 0.264 bits per heavy atom. The normalized spacial score (nSPS) is 11.1. The van der Waals surface area contributed by atoms with Gasteiger partial charge in [-0.25, -0.2) is 4.79 Å². The molecule has 0 aromatic heterocycles. The number of carbonyl (C=O) groups is 21. The van der Waals surface area contributed by atoms with E-state index in [1.54, 1.807) is 0 Å². The number of aliphatic hydroxyl groups is 1. The van der Waals surface area contributed by atoms with Crippen LogP contribution in [-0.4, -0.2) is 402 Å². The Balaban J connectivity index is -0.0000000634. The largest absolute Gasteiger partial charge is 0.481 e. The molecule has 2 amide bonds. The maximum Gasteiger partial charge on any atom is 0.336 e. The van der Waals surface area contributed by atoms with Crippen LogP contribution in [0.1, 0.15) is 166 Å². The number of aliphatic imine (C=N–C) groups is 5. The number of primary amides is 2. The van der Waals surface area contributed by atoms with Crippen LogP contribution in [0.2, 0.25) is 0 Å². The second-order valence-electron chi connectivity index (χ2n) is 27.1. The van der Waals surface area contributed by atoms with E-state index in [0.717, 1.165) is 34.6 Å². The van der Waals surface area contributed by atoms with Crippen molar-refractivity contribution in [1.82, 2.24) is 10.2 Å². The Kier molecular flexibility index (Phi) is 150. The van der Waals surface area contributed by atoms with Crippen molar-refractivity contribution < 1.29 is 203 Å². The van der Waals surface area contributed by atoms with Crippen LogP contribution >= 0.6 is 0 Å². The van der Waals surface area contributed by atoms with Gasteiger partial charge in [0.25, 0.3) is 29.8 Å². The number of carboxylic acids is 19. The molecule has 67 N–H and O–H groups in total. The first-order valence-corrected chi connectivity index (χ1v) is 40.0. The first-order chi connectivity index (χ1) is 64.7. The molecule has 0 aliphatic heterocycles. The first-order valence-electron chi connectivity index (χ1n) is 40.0. The van der Waals surface area contributed by atoms with E-state index >= 15 is 0 Å². The monoisotopic (exact) mass is 2120 g/mol. The van der Waals surface area contributed by atoms with Crippen LogP contribution in [0.4, 0.5) is 0 Å². The maximum atomic E-state index is 10.3. The van der Waals surface area contributed by atoms with Crippen LogP contribution in [0.3, 0.4) is 0 Å². The molecule has 144 heavy (non-hydrogen) atoms. The van der Waals surface area contributed by atoms with Crippen molar-refractivity contribution in [3.63, 3.8) is 0 Å². The highest BCUT2D eigenvalue weighted by atomic mass is 16.4.